The van der Waals surface area contributed by atoms with Gasteiger partial charge in [-0.3, -0.25) is 9.59 Å². The summed E-state index contributed by atoms with van der Waals surface area (Å²) >= 11 is 0. The summed E-state index contributed by atoms with van der Waals surface area (Å²) in [5.74, 6) is 0.0466. The van der Waals surface area contributed by atoms with E-state index in [2.05, 4.69) is 50.5 Å². The van der Waals surface area contributed by atoms with Crippen molar-refractivity contribution >= 4 is 22.6 Å². The summed E-state index contributed by atoms with van der Waals surface area (Å²) in [5.41, 5.74) is 1.97. The molecule has 7 nitrogen and oxygen atoms in total. The molecule has 174 valence electrons. The molecule has 1 aliphatic rings. The lowest BCUT2D eigenvalue weighted by atomic mass is 10.0. The van der Waals surface area contributed by atoms with Gasteiger partial charge >= 0.3 is 5.97 Å². The number of aliphatic carboxylic acids is 1. The number of carboxylic acids is 1. The highest BCUT2D eigenvalue weighted by Gasteiger charge is 2.28. The topological polar surface area (TPSA) is 98.3 Å². The number of imidazole rings is 1. The summed E-state index contributed by atoms with van der Waals surface area (Å²) in [6.45, 7) is 1.71. The molecular formula is C26H32N4O3. The van der Waals surface area contributed by atoms with Crippen molar-refractivity contribution in [2.24, 2.45) is 5.92 Å². The third-order valence-electron chi connectivity index (χ3n) is 6.45. The number of aromatic nitrogens is 2. The number of nitrogens with one attached hydrogen (secondary N) is 2. The highest BCUT2D eigenvalue weighted by atomic mass is 16.4. The van der Waals surface area contributed by atoms with E-state index in [0.29, 0.717) is 6.42 Å². The molecule has 2 heterocycles. The summed E-state index contributed by atoms with van der Waals surface area (Å²) in [6, 6.07) is 14.3. The largest absolute Gasteiger partial charge is 0.481 e. The van der Waals surface area contributed by atoms with E-state index in [1.165, 1.54) is 10.8 Å². The summed E-state index contributed by atoms with van der Waals surface area (Å²) in [4.78, 5) is 33.9. The number of nitrogens with zero attached hydrogens (tertiary/aromatic N) is 2. The quantitative estimate of drug-likeness (QED) is 0.400. The van der Waals surface area contributed by atoms with E-state index < -0.39 is 5.97 Å². The van der Waals surface area contributed by atoms with Crippen LogP contribution in [0.2, 0.25) is 0 Å². The van der Waals surface area contributed by atoms with Crippen molar-refractivity contribution in [2.75, 3.05) is 20.1 Å². The Kier molecular flexibility index (Phi) is 7.40. The van der Waals surface area contributed by atoms with Crippen LogP contribution in [0.25, 0.3) is 22.0 Å². The fourth-order valence-electron chi connectivity index (χ4n) is 4.53. The molecule has 1 aliphatic heterocycles. The summed E-state index contributed by atoms with van der Waals surface area (Å²) < 4.78 is 0. The molecule has 0 spiro atoms. The molecule has 3 N–H and O–H groups in total. The van der Waals surface area contributed by atoms with Crippen LogP contribution in [0.1, 0.15) is 50.4 Å². The first-order chi connectivity index (χ1) is 16.0. The summed E-state index contributed by atoms with van der Waals surface area (Å²) in [5, 5.41) is 14.4. The van der Waals surface area contributed by atoms with Crippen molar-refractivity contribution in [3.8, 4) is 11.3 Å². The molecule has 4 rings (SSSR count). The Hall–Kier alpha value is -3.19. The number of amides is 1. The fraction of sp³-hybridized carbons (Fsp3) is 0.423. The number of fused-ring (bicyclic) bond motifs is 1. The van der Waals surface area contributed by atoms with Crippen molar-refractivity contribution in [1.29, 1.82) is 0 Å². The SMILES string of the molecule is CN1CC[C@@H](C(=O)N[C@@H](CCCCCC(=O)O)c2ncc(-c3ccc4ccccc4c3)[nH]2)C1. The molecule has 1 saturated heterocycles. The Balaban J connectivity index is 1.48. The lowest BCUT2D eigenvalue weighted by Crippen LogP contribution is -2.35. The number of H-pyrrole nitrogens is 1. The predicted octanol–water partition coefficient (Wildman–Crippen LogP) is 4.37. The molecule has 2 atom stereocenters. The van der Waals surface area contributed by atoms with Crippen LogP contribution in [0, 0.1) is 5.92 Å². The summed E-state index contributed by atoms with van der Waals surface area (Å²) in [7, 11) is 2.04. The minimum Gasteiger partial charge on any atom is -0.481 e. The van der Waals surface area contributed by atoms with E-state index in [4.69, 9.17) is 5.11 Å². The van der Waals surface area contributed by atoms with Crippen LogP contribution in [-0.2, 0) is 9.59 Å². The van der Waals surface area contributed by atoms with Gasteiger partial charge in [-0.1, -0.05) is 49.2 Å². The van der Waals surface area contributed by atoms with Crippen molar-refractivity contribution in [2.45, 2.75) is 44.6 Å². The molecule has 1 fully saturated rings. The van der Waals surface area contributed by atoms with Crippen LogP contribution in [0.5, 0.6) is 0 Å². The van der Waals surface area contributed by atoms with Gasteiger partial charge in [-0.2, -0.15) is 0 Å². The number of rotatable bonds is 10. The maximum Gasteiger partial charge on any atom is 0.303 e. The molecule has 0 bridgehead atoms. The van der Waals surface area contributed by atoms with Gasteiger partial charge in [0.2, 0.25) is 5.91 Å². The molecule has 3 aromatic rings. The lowest BCUT2D eigenvalue weighted by Gasteiger charge is -2.19. The molecule has 1 aromatic heterocycles. The third kappa shape index (κ3) is 5.99. The van der Waals surface area contributed by atoms with Gasteiger partial charge in [0.25, 0.3) is 0 Å². The van der Waals surface area contributed by atoms with Gasteiger partial charge in [-0.15, -0.1) is 0 Å². The van der Waals surface area contributed by atoms with Crippen LogP contribution in [0.3, 0.4) is 0 Å². The number of carbonyl (C=O) groups is 2. The van der Waals surface area contributed by atoms with E-state index >= 15 is 0 Å². The van der Waals surface area contributed by atoms with E-state index in [1.807, 2.05) is 25.4 Å². The highest BCUT2D eigenvalue weighted by molar-refractivity contribution is 5.86. The van der Waals surface area contributed by atoms with Gasteiger partial charge in [-0.05, 0) is 49.7 Å². The van der Waals surface area contributed by atoms with Crippen molar-refractivity contribution in [3.63, 3.8) is 0 Å². The summed E-state index contributed by atoms with van der Waals surface area (Å²) in [6.07, 6.45) is 5.87. The number of carbonyl (C=O) groups excluding carboxylic acids is 1. The maximum absolute atomic E-state index is 12.9. The normalized spacial score (nSPS) is 17.3. The van der Waals surface area contributed by atoms with Crippen molar-refractivity contribution in [3.05, 3.63) is 54.5 Å². The smallest absolute Gasteiger partial charge is 0.303 e. The first-order valence-corrected chi connectivity index (χ1v) is 11.7. The molecule has 0 aliphatic carbocycles. The highest BCUT2D eigenvalue weighted by Crippen LogP contribution is 2.26. The van der Waals surface area contributed by atoms with Gasteiger partial charge in [0.05, 0.1) is 23.9 Å². The van der Waals surface area contributed by atoms with Crippen LogP contribution in [0.15, 0.2) is 48.7 Å². The van der Waals surface area contributed by atoms with Gasteiger partial charge in [0.15, 0.2) is 0 Å². The number of carboxylic acid groups (broad SMARTS) is 1. The number of hydrogen-bond donors (Lipinski definition) is 3. The van der Waals surface area contributed by atoms with Gasteiger partial charge < -0.3 is 20.3 Å². The monoisotopic (exact) mass is 448 g/mol. The van der Waals surface area contributed by atoms with Crippen molar-refractivity contribution < 1.29 is 14.7 Å². The average Bonchev–Trinajstić information content (AvgIpc) is 3.47. The maximum atomic E-state index is 12.9. The van der Waals surface area contributed by atoms with Crippen molar-refractivity contribution in [1.82, 2.24) is 20.2 Å². The number of unbranched alkanes of at least 4 members (excludes halogenated alkanes) is 2. The van der Waals surface area contributed by atoms with E-state index in [0.717, 1.165) is 55.9 Å². The molecule has 33 heavy (non-hydrogen) atoms. The lowest BCUT2D eigenvalue weighted by molar-refractivity contribution is -0.137. The van der Waals surface area contributed by atoms with E-state index in [-0.39, 0.29) is 24.3 Å². The average molecular weight is 449 g/mol. The predicted molar refractivity (Wildman–Crippen MR) is 129 cm³/mol. The Morgan fingerprint density at radius 2 is 2.00 bits per heavy atom. The number of hydrogen-bond acceptors (Lipinski definition) is 4. The Morgan fingerprint density at radius 3 is 2.76 bits per heavy atom. The Bertz CT molecular complexity index is 1110. The molecule has 0 unspecified atom stereocenters. The minimum absolute atomic E-state index is 0.000527. The number of benzene rings is 2. The molecular weight excluding hydrogens is 416 g/mol. The van der Waals surface area contributed by atoms with E-state index in [1.54, 1.807) is 0 Å². The molecule has 2 aromatic carbocycles. The molecule has 0 saturated carbocycles. The Morgan fingerprint density at radius 1 is 1.18 bits per heavy atom. The zero-order valence-electron chi connectivity index (χ0n) is 19.1. The molecule has 0 radical (unpaired) electrons. The molecule has 7 heteroatoms. The third-order valence-corrected chi connectivity index (χ3v) is 6.45. The van der Waals surface area contributed by atoms with Crippen LogP contribution >= 0.6 is 0 Å². The molecule has 1 amide bonds. The zero-order chi connectivity index (χ0) is 23.2. The first-order valence-electron chi connectivity index (χ1n) is 11.7. The standard InChI is InChI=1S/C26H32N4O3/c1-30-14-13-21(17-30)26(33)29-22(9-3-2-4-10-24(31)32)25-27-16-23(28-25)20-12-11-18-7-5-6-8-19(18)15-20/h5-8,11-12,15-16,21-22H,2-4,9-10,13-14,17H2,1H3,(H,27,28)(H,29,33)(H,31,32)/t21-,22+/m1/s1. The minimum atomic E-state index is -0.767. The second-order valence-corrected chi connectivity index (χ2v) is 9.05. The van der Waals surface area contributed by atoms with Gasteiger partial charge in [-0.25, -0.2) is 4.98 Å². The van der Waals surface area contributed by atoms with Gasteiger partial charge in [0.1, 0.15) is 5.82 Å². The van der Waals surface area contributed by atoms with Crippen LogP contribution in [-0.4, -0.2) is 52.0 Å². The fourth-order valence-corrected chi connectivity index (χ4v) is 4.53. The number of likely N-dealkylation sites (tertiary alicyclic amines) is 1. The Labute approximate surface area is 194 Å². The van der Waals surface area contributed by atoms with Crippen LogP contribution < -0.4 is 5.32 Å². The second-order valence-electron chi connectivity index (χ2n) is 9.05. The second kappa shape index (κ2) is 10.6. The number of aromatic amines is 1. The first kappa shape index (κ1) is 23.0. The zero-order valence-corrected chi connectivity index (χ0v) is 19.1. The van der Waals surface area contributed by atoms with E-state index in [9.17, 15) is 9.59 Å². The van der Waals surface area contributed by atoms with Gasteiger partial charge in [0, 0.05) is 18.5 Å². The van der Waals surface area contributed by atoms with Crippen LogP contribution in [0.4, 0.5) is 0 Å².